The number of carbonyl (C=O) groups is 2. The lowest BCUT2D eigenvalue weighted by atomic mass is 10.1. The maximum Gasteiger partial charge on any atom is 0.269 e. The first kappa shape index (κ1) is 18.9. The molecule has 1 heterocycles. The first-order chi connectivity index (χ1) is 13.1. The van der Waals surface area contributed by atoms with Crippen LogP contribution in [0.25, 0.3) is 0 Å². The highest BCUT2D eigenvalue weighted by atomic mass is 35.5. The van der Waals surface area contributed by atoms with Crippen molar-refractivity contribution in [3.63, 3.8) is 0 Å². The van der Waals surface area contributed by atoms with E-state index in [-0.39, 0.29) is 5.91 Å². The third kappa shape index (κ3) is 5.57. The molecule has 2 N–H and O–H groups in total. The monoisotopic (exact) mass is 397 g/mol. The Kier molecular flexibility index (Phi) is 6.46. The third-order valence-electron chi connectivity index (χ3n) is 3.67. The van der Waals surface area contributed by atoms with Gasteiger partial charge in [0.2, 0.25) is 0 Å². The van der Waals surface area contributed by atoms with Crippen molar-refractivity contribution in [3.8, 4) is 0 Å². The van der Waals surface area contributed by atoms with Gasteiger partial charge >= 0.3 is 0 Å². The zero-order valence-electron chi connectivity index (χ0n) is 14.2. The lowest BCUT2D eigenvalue weighted by molar-refractivity contribution is 0.0846. The van der Waals surface area contributed by atoms with Gasteiger partial charge < -0.3 is 0 Å². The lowest BCUT2D eigenvalue weighted by Gasteiger charge is -2.08. The minimum atomic E-state index is -0.401. The predicted octanol–water partition coefficient (Wildman–Crippen LogP) is 4.10. The van der Waals surface area contributed by atoms with Crippen LogP contribution in [0.5, 0.6) is 0 Å². The summed E-state index contributed by atoms with van der Waals surface area (Å²) in [6.07, 6.45) is 3.02. The molecule has 2 amide bonds. The van der Waals surface area contributed by atoms with Gasteiger partial charge in [0.05, 0.1) is 0 Å². The molecule has 5 nitrogen and oxygen atoms in total. The molecule has 0 saturated heterocycles. The normalized spacial score (nSPS) is 10.3. The van der Waals surface area contributed by atoms with Gasteiger partial charge in [0.15, 0.2) is 0 Å². The molecule has 0 unspecified atom stereocenters. The van der Waals surface area contributed by atoms with Crippen molar-refractivity contribution in [2.75, 3.05) is 0 Å². The van der Waals surface area contributed by atoms with Gasteiger partial charge in [0.25, 0.3) is 11.8 Å². The van der Waals surface area contributed by atoms with Crippen LogP contribution in [0.2, 0.25) is 5.02 Å². The Labute approximate surface area is 166 Å². The van der Waals surface area contributed by atoms with Crippen molar-refractivity contribution < 1.29 is 9.59 Å². The quantitative estimate of drug-likeness (QED) is 0.502. The number of carbonyl (C=O) groups excluding carboxylic acids is 2. The van der Waals surface area contributed by atoms with Crippen LogP contribution in [0.15, 0.2) is 78.0 Å². The predicted molar refractivity (Wildman–Crippen MR) is 107 cm³/mol. The average Bonchev–Trinajstić information content (AvgIpc) is 2.72. The summed E-state index contributed by atoms with van der Waals surface area (Å²) in [5.74, 6) is -0.00137. The zero-order valence-corrected chi connectivity index (χ0v) is 15.8. The Morgan fingerprint density at radius 1 is 0.815 bits per heavy atom. The molecule has 2 aromatic carbocycles. The third-order valence-corrected chi connectivity index (χ3v) is 5.00. The van der Waals surface area contributed by atoms with Gasteiger partial charge in [-0.2, -0.15) is 0 Å². The lowest BCUT2D eigenvalue weighted by Crippen LogP contribution is -2.41. The van der Waals surface area contributed by atoms with E-state index in [4.69, 9.17) is 11.6 Å². The SMILES string of the molecule is O=C(NNC(=O)c1ccc(CSc2ccc(Cl)cc2)cc1)c1ccncc1. The summed E-state index contributed by atoms with van der Waals surface area (Å²) in [5, 5.41) is 0.714. The summed E-state index contributed by atoms with van der Waals surface area (Å²) in [4.78, 5) is 29.0. The number of benzene rings is 2. The zero-order chi connectivity index (χ0) is 19.1. The van der Waals surface area contributed by atoms with Gasteiger partial charge in [-0.3, -0.25) is 25.4 Å². The van der Waals surface area contributed by atoms with E-state index in [9.17, 15) is 9.59 Å². The van der Waals surface area contributed by atoms with Crippen LogP contribution in [-0.4, -0.2) is 16.8 Å². The Bertz CT molecular complexity index is 916. The molecule has 0 saturated carbocycles. The Morgan fingerprint density at radius 2 is 1.37 bits per heavy atom. The van der Waals surface area contributed by atoms with Crippen molar-refractivity contribution in [2.45, 2.75) is 10.6 Å². The molecule has 0 aliphatic rings. The van der Waals surface area contributed by atoms with Crippen LogP contribution in [0.4, 0.5) is 0 Å². The summed E-state index contributed by atoms with van der Waals surface area (Å²) in [6, 6.07) is 18.0. The Balaban J connectivity index is 1.51. The minimum absolute atomic E-state index is 0.380. The molecule has 0 fully saturated rings. The fourth-order valence-corrected chi connectivity index (χ4v) is 3.19. The number of hydrazine groups is 1. The number of hydrogen-bond donors (Lipinski definition) is 2. The van der Waals surface area contributed by atoms with E-state index >= 15 is 0 Å². The molecule has 3 aromatic rings. The molecule has 1 aromatic heterocycles. The van der Waals surface area contributed by atoms with Crippen molar-refractivity contribution in [2.24, 2.45) is 0 Å². The topological polar surface area (TPSA) is 71.1 Å². The number of hydrogen-bond acceptors (Lipinski definition) is 4. The molecule has 0 spiro atoms. The molecule has 0 atom stereocenters. The van der Waals surface area contributed by atoms with E-state index < -0.39 is 5.91 Å². The highest BCUT2D eigenvalue weighted by molar-refractivity contribution is 7.98. The van der Waals surface area contributed by atoms with Crippen molar-refractivity contribution in [1.29, 1.82) is 0 Å². The molecular formula is C20H16ClN3O2S. The highest BCUT2D eigenvalue weighted by Gasteiger charge is 2.09. The van der Waals surface area contributed by atoms with E-state index in [0.717, 1.165) is 16.2 Å². The van der Waals surface area contributed by atoms with E-state index in [1.165, 1.54) is 12.4 Å². The van der Waals surface area contributed by atoms with Gasteiger partial charge in [-0.1, -0.05) is 23.7 Å². The van der Waals surface area contributed by atoms with Gasteiger partial charge in [-0.25, -0.2) is 0 Å². The molecule has 0 radical (unpaired) electrons. The number of nitrogens with zero attached hydrogens (tertiary/aromatic N) is 1. The first-order valence-electron chi connectivity index (χ1n) is 8.10. The molecule has 0 aliphatic carbocycles. The summed E-state index contributed by atoms with van der Waals surface area (Å²) < 4.78 is 0. The van der Waals surface area contributed by atoms with Gasteiger partial charge in [-0.15, -0.1) is 11.8 Å². The van der Waals surface area contributed by atoms with Crippen LogP contribution < -0.4 is 10.9 Å². The number of aromatic nitrogens is 1. The number of pyridine rings is 1. The number of rotatable bonds is 5. The fourth-order valence-electron chi connectivity index (χ4n) is 2.21. The summed E-state index contributed by atoms with van der Waals surface area (Å²) >= 11 is 7.57. The average molecular weight is 398 g/mol. The van der Waals surface area contributed by atoms with Crippen molar-refractivity contribution in [1.82, 2.24) is 15.8 Å². The second-order valence-corrected chi connectivity index (χ2v) is 7.07. The van der Waals surface area contributed by atoms with Gasteiger partial charge in [0, 0.05) is 39.2 Å². The van der Waals surface area contributed by atoms with E-state index in [0.29, 0.717) is 16.1 Å². The molecule has 27 heavy (non-hydrogen) atoms. The first-order valence-corrected chi connectivity index (χ1v) is 9.46. The van der Waals surface area contributed by atoms with E-state index in [2.05, 4.69) is 15.8 Å². The van der Waals surface area contributed by atoms with E-state index in [1.807, 2.05) is 36.4 Å². The molecule has 0 aliphatic heterocycles. The van der Waals surface area contributed by atoms with Crippen molar-refractivity contribution in [3.05, 3.63) is 94.8 Å². The molecule has 0 bridgehead atoms. The van der Waals surface area contributed by atoms with Crippen LogP contribution in [0.1, 0.15) is 26.3 Å². The minimum Gasteiger partial charge on any atom is -0.267 e. The summed E-state index contributed by atoms with van der Waals surface area (Å²) in [5.41, 5.74) is 6.75. The number of amides is 2. The maximum atomic E-state index is 12.1. The molecule has 136 valence electrons. The maximum absolute atomic E-state index is 12.1. The highest BCUT2D eigenvalue weighted by Crippen LogP contribution is 2.24. The number of nitrogens with one attached hydrogen (secondary N) is 2. The van der Waals surface area contributed by atoms with Crippen LogP contribution in [0, 0.1) is 0 Å². The van der Waals surface area contributed by atoms with Crippen molar-refractivity contribution >= 4 is 35.2 Å². The van der Waals surface area contributed by atoms with Crippen LogP contribution in [-0.2, 0) is 5.75 Å². The second kappa shape index (κ2) is 9.21. The standard InChI is InChI=1S/C20H16ClN3O2S/c21-17-5-7-18(8-6-17)27-13-14-1-3-15(4-2-14)19(25)23-24-20(26)16-9-11-22-12-10-16/h1-12H,13H2,(H,23,25)(H,24,26). The summed E-state index contributed by atoms with van der Waals surface area (Å²) in [7, 11) is 0. The Hall–Kier alpha value is -2.83. The molecule has 7 heteroatoms. The second-order valence-electron chi connectivity index (χ2n) is 5.58. The molecule has 3 rings (SSSR count). The number of thioether (sulfide) groups is 1. The van der Waals surface area contributed by atoms with Crippen LogP contribution >= 0.6 is 23.4 Å². The largest absolute Gasteiger partial charge is 0.269 e. The smallest absolute Gasteiger partial charge is 0.267 e. The van der Waals surface area contributed by atoms with Gasteiger partial charge in [-0.05, 0) is 54.1 Å². The van der Waals surface area contributed by atoms with Gasteiger partial charge in [0.1, 0.15) is 0 Å². The number of halogens is 1. The molecular weight excluding hydrogens is 382 g/mol. The summed E-state index contributed by atoms with van der Waals surface area (Å²) in [6.45, 7) is 0. The fraction of sp³-hybridized carbons (Fsp3) is 0.0500. The Morgan fingerprint density at radius 3 is 1.96 bits per heavy atom. The van der Waals surface area contributed by atoms with Crippen LogP contribution in [0.3, 0.4) is 0 Å². The van der Waals surface area contributed by atoms with E-state index in [1.54, 1.807) is 36.0 Å².